The number of hydrogen-bond acceptors (Lipinski definition) is 4. The Morgan fingerprint density at radius 1 is 1.37 bits per heavy atom. The van der Waals surface area contributed by atoms with Crippen molar-refractivity contribution in [1.29, 1.82) is 0 Å². The molecule has 0 atom stereocenters. The summed E-state index contributed by atoms with van der Waals surface area (Å²) in [4.78, 5) is 18.3. The van der Waals surface area contributed by atoms with Crippen molar-refractivity contribution in [1.82, 2.24) is 9.85 Å². The quantitative estimate of drug-likeness (QED) is 0.872. The molecule has 0 aliphatic heterocycles. The van der Waals surface area contributed by atoms with Crippen LogP contribution in [-0.4, -0.2) is 16.4 Å². The Bertz CT molecular complexity index is 565. The number of carbonyl (C=O) groups excluding carboxylic acids is 1. The van der Waals surface area contributed by atoms with Gasteiger partial charge in [-0.3, -0.25) is 9.63 Å². The normalized spacial score (nSPS) is 14.9. The maximum atomic E-state index is 12.0. The van der Waals surface area contributed by atoms with Crippen molar-refractivity contribution in [2.45, 2.75) is 25.4 Å². The highest BCUT2D eigenvalue weighted by Gasteiger charge is 2.19. The average molecular weight is 274 g/mol. The lowest BCUT2D eigenvalue weighted by Crippen LogP contribution is -2.33. The van der Waals surface area contributed by atoms with E-state index in [1.54, 1.807) is 12.3 Å². The van der Waals surface area contributed by atoms with E-state index in [1.807, 2.05) is 24.3 Å². The number of hydroxylamine groups is 1. The molecule has 19 heavy (non-hydrogen) atoms. The zero-order valence-corrected chi connectivity index (χ0v) is 11.2. The van der Waals surface area contributed by atoms with Gasteiger partial charge >= 0.3 is 0 Å². The fraction of sp³-hybridized carbons (Fsp3) is 0.286. The van der Waals surface area contributed by atoms with Gasteiger partial charge in [0.15, 0.2) is 0 Å². The highest BCUT2D eigenvalue weighted by molar-refractivity contribution is 7.09. The van der Waals surface area contributed by atoms with Gasteiger partial charge in [-0.05, 0) is 54.6 Å². The first-order valence-corrected chi connectivity index (χ1v) is 7.07. The number of amides is 1. The molecule has 1 amide bonds. The lowest BCUT2D eigenvalue weighted by atomic mass is 9.97. The van der Waals surface area contributed by atoms with Crippen molar-refractivity contribution in [3.63, 3.8) is 0 Å². The highest BCUT2D eigenvalue weighted by atomic mass is 32.1. The molecule has 1 aliphatic carbocycles. The van der Waals surface area contributed by atoms with Gasteiger partial charge in [-0.15, -0.1) is 0 Å². The van der Waals surface area contributed by atoms with Gasteiger partial charge in [0.25, 0.3) is 5.91 Å². The Balaban J connectivity index is 1.69. The summed E-state index contributed by atoms with van der Waals surface area (Å²) >= 11 is 1.41. The second-order valence-corrected chi connectivity index (χ2v) is 5.39. The third-order valence-electron chi connectivity index (χ3n) is 3.22. The summed E-state index contributed by atoms with van der Waals surface area (Å²) in [7, 11) is 0. The monoisotopic (exact) mass is 274 g/mol. The molecule has 0 bridgehead atoms. The Morgan fingerprint density at radius 3 is 2.95 bits per heavy atom. The van der Waals surface area contributed by atoms with Gasteiger partial charge in [-0.25, -0.2) is 9.85 Å². The Hall–Kier alpha value is -1.72. The Kier molecular flexibility index (Phi) is 3.57. The van der Waals surface area contributed by atoms with E-state index in [4.69, 9.17) is 4.84 Å². The molecular weight excluding hydrogens is 260 g/mol. The van der Waals surface area contributed by atoms with Crippen LogP contribution in [0.2, 0.25) is 0 Å². The first kappa shape index (κ1) is 12.3. The molecule has 4 nitrogen and oxygen atoms in total. The van der Waals surface area contributed by atoms with Crippen LogP contribution in [0.3, 0.4) is 0 Å². The highest BCUT2D eigenvalue weighted by Crippen LogP contribution is 2.24. The summed E-state index contributed by atoms with van der Waals surface area (Å²) in [6, 6.07) is 9.41. The SMILES string of the molecule is O=C(NOC1CCC1)c1cccc(-c2ccns2)c1. The number of rotatable bonds is 4. The second kappa shape index (κ2) is 5.50. The number of carbonyl (C=O) groups is 1. The van der Waals surface area contributed by atoms with Crippen molar-refractivity contribution in [2.24, 2.45) is 0 Å². The van der Waals surface area contributed by atoms with Gasteiger partial charge in [-0.2, -0.15) is 0 Å². The number of hydrogen-bond donors (Lipinski definition) is 1. The molecule has 1 heterocycles. The smallest absolute Gasteiger partial charge is 0.270 e. The molecule has 1 aromatic carbocycles. The molecule has 0 saturated heterocycles. The van der Waals surface area contributed by atoms with Gasteiger partial charge in [0, 0.05) is 11.8 Å². The summed E-state index contributed by atoms with van der Waals surface area (Å²) in [6.45, 7) is 0. The van der Waals surface area contributed by atoms with Crippen LogP contribution in [0.1, 0.15) is 29.6 Å². The van der Waals surface area contributed by atoms with Crippen molar-refractivity contribution in [2.75, 3.05) is 0 Å². The Morgan fingerprint density at radius 2 is 2.26 bits per heavy atom. The van der Waals surface area contributed by atoms with Gasteiger partial charge < -0.3 is 0 Å². The van der Waals surface area contributed by atoms with E-state index in [2.05, 4.69) is 9.85 Å². The molecular formula is C14H14N2O2S. The van der Waals surface area contributed by atoms with Gasteiger partial charge in [0.2, 0.25) is 0 Å². The minimum Gasteiger partial charge on any atom is -0.270 e. The van der Waals surface area contributed by atoms with Crippen molar-refractivity contribution >= 4 is 17.4 Å². The summed E-state index contributed by atoms with van der Waals surface area (Å²) in [5.41, 5.74) is 4.12. The minimum absolute atomic E-state index is 0.189. The third-order valence-corrected chi connectivity index (χ3v) is 4.01. The number of nitrogens with zero attached hydrogens (tertiary/aromatic N) is 1. The van der Waals surface area contributed by atoms with Crippen LogP contribution in [0.4, 0.5) is 0 Å². The van der Waals surface area contributed by atoms with Crippen LogP contribution >= 0.6 is 11.5 Å². The van der Waals surface area contributed by atoms with Crippen molar-refractivity contribution in [3.05, 3.63) is 42.1 Å². The summed E-state index contributed by atoms with van der Waals surface area (Å²) in [6.07, 6.45) is 5.18. The maximum absolute atomic E-state index is 12.0. The van der Waals surface area contributed by atoms with Crippen LogP contribution in [0.25, 0.3) is 10.4 Å². The first-order valence-electron chi connectivity index (χ1n) is 6.30. The molecule has 98 valence electrons. The minimum atomic E-state index is -0.196. The molecule has 0 unspecified atom stereocenters. The number of nitrogens with one attached hydrogen (secondary N) is 1. The number of benzene rings is 1. The fourth-order valence-electron chi connectivity index (χ4n) is 1.86. The molecule has 0 radical (unpaired) electrons. The van der Waals surface area contributed by atoms with E-state index < -0.39 is 0 Å². The predicted molar refractivity (Wildman–Crippen MR) is 73.7 cm³/mol. The molecule has 1 aliphatic rings. The number of aromatic nitrogens is 1. The molecule has 0 spiro atoms. The summed E-state index contributed by atoms with van der Waals surface area (Å²) < 4.78 is 4.07. The lowest BCUT2D eigenvalue weighted by Gasteiger charge is -2.24. The molecule has 1 N–H and O–H groups in total. The van der Waals surface area contributed by atoms with Gasteiger partial charge in [-0.1, -0.05) is 12.1 Å². The van der Waals surface area contributed by atoms with Crippen molar-refractivity contribution in [3.8, 4) is 10.4 Å². The summed E-state index contributed by atoms with van der Waals surface area (Å²) in [5, 5.41) is 0. The van der Waals surface area contributed by atoms with Crippen LogP contribution in [0, 0.1) is 0 Å². The second-order valence-electron chi connectivity index (χ2n) is 4.56. The standard InChI is InChI=1S/C14H14N2O2S/c17-14(16-18-12-5-2-6-12)11-4-1-3-10(9-11)13-7-8-15-19-13/h1,3-4,7-9,12H,2,5-6H2,(H,16,17). The van der Waals surface area contributed by atoms with E-state index in [0.717, 1.165) is 23.3 Å². The summed E-state index contributed by atoms with van der Waals surface area (Å²) in [5.74, 6) is -0.196. The molecule has 2 aromatic rings. The fourth-order valence-corrected chi connectivity index (χ4v) is 2.45. The topological polar surface area (TPSA) is 51.2 Å². The lowest BCUT2D eigenvalue weighted by molar-refractivity contribution is -0.0507. The largest absolute Gasteiger partial charge is 0.274 e. The van der Waals surface area contributed by atoms with E-state index in [-0.39, 0.29) is 12.0 Å². The molecule has 3 rings (SSSR count). The Labute approximate surface area is 115 Å². The zero-order chi connectivity index (χ0) is 13.1. The van der Waals surface area contributed by atoms with Crippen LogP contribution in [0.5, 0.6) is 0 Å². The average Bonchev–Trinajstić information content (AvgIpc) is 2.91. The van der Waals surface area contributed by atoms with Crippen LogP contribution < -0.4 is 5.48 Å². The van der Waals surface area contributed by atoms with Crippen LogP contribution in [-0.2, 0) is 4.84 Å². The zero-order valence-electron chi connectivity index (χ0n) is 10.3. The van der Waals surface area contributed by atoms with Crippen LogP contribution in [0.15, 0.2) is 36.5 Å². The molecule has 1 aromatic heterocycles. The van der Waals surface area contributed by atoms with E-state index in [0.29, 0.717) is 5.56 Å². The third kappa shape index (κ3) is 2.83. The van der Waals surface area contributed by atoms with Gasteiger partial charge in [0.1, 0.15) is 0 Å². The van der Waals surface area contributed by atoms with E-state index in [1.165, 1.54) is 18.0 Å². The molecule has 1 saturated carbocycles. The van der Waals surface area contributed by atoms with E-state index in [9.17, 15) is 4.79 Å². The molecule has 1 fully saturated rings. The predicted octanol–water partition coefficient (Wildman–Crippen LogP) is 3.02. The molecule has 5 heteroatoms. The van der Waals surface area contributed by atoms with E-state index >= 15 is 0 Å². The maximum Gasteiger partial charge on any atom is 0.274 e. The van der Waals surface area contributed by atoms with Gasteiger partial charge in [0.05, 0.1) is 11.0 Å². The van der Waals surface area contributed by atoms with Crippen molar-refractivity contribution < 1.29 is 9.63 Å². The first-order chi connectivity index (χ1) is 9.33.